The molecule has 1 saturated carbocycles. The number of esters is 2. The monoisotopic (exact) mass is 879 g/mol. The van der Waals surface area contributed by atoms with Crippen LogP contribution in [0.4, 0.5) is 0 Å². The molecule has 0 bridgehead atoms. The zero-order valence-electron chi connectivity index (χ0n) is 37.5. The van der Waals surface area contributed by atoms with Crippen LogP contribution in [0.3, 0.4) is 0 Å². The van der Waals surface area contributed by atoms with Crippen molar-refractivity contribution >= 4 is 19.8 Å². The molecule has 1 fully saturated rings. The fraction of sp³-hybridized carbons (Fsp3) is 0.913. The molecular weight excluding hydrogens is 791 g/mol. The van der Waals surface area contributed by atoms with Crippen molar-refractivity contribution in [1.82, 2.24) is 0 Å². The number of hydrogen-bond acceptors (Lipinski definition) is 12. The maximum Gasteiger partial charge on any atom is 0.472 e. The van der Waals surface area contributed by atoms with E-state index in [0.717, 1.165) is 38.5 Å². The van der Waals surface area contributed by atoms with Crippen LogP contribution in [-0.4, -0.2) is 98.3 Å². The van der Waals surface area contributed by atoms with Crippen LogP contribution in [0.15, 0.2) is 12.2 Å². The van der Waals surface area contributed by atoms with Crippen LogP contribution in [0.5, 0.6) is 0 Å². The molecule has 0 spiro atoms. The second-order valence-electron chi connectivity index (χ2n) is 17.0. The summed E-state index contributed by atoms with van der Waals surface area (Å²) in [5.74, 6) is -1.14. The first-order valence-corrected chi connectivity index (χ1v) is 25.5. The molecule has 14 heteroatoms. The zero-order chi connectivity index (χ0) is 44.3. The number of ether oxygens (including phenoxy) is 2. The summed E-state index contributed by atoms with van der Waals surface area (Å²) in [6.07, 6.45) is 25.6. The van der Waals surface area contributed by atoms with Gasteiger partial charge in [-0.3, -0.25) is 18.6 Å². The number of carbonyl (C=O) groups excluding carboxylic acids is 2. The fourth-order valence-electron chi connectivity index (χ4n) is 7.48. The molecule has 0 saturated heterocycles. The van der Waals surface area contributed by atoms with E-state index in [4.69, 9.17) is 18.5 Å². The number of rotatable bonds is 40. The SMILES string of the molecule is CCCCCCCCCCCCC/C=C/CCC(=O)OC[C@H](COP(=O)(O)OC1C(O)C(O)C(O)[C@@H](O)C1O)OC(=O)CCCCCCCCCCCCCCCCCC. The third-order valence-electron chi connectivity index (χ3n) is 11.4. The minimum atomic E-state index is -5.12. The summed E-state index contributed by atoms with van der Waals surface area (Å²) < 4.78 is 33.5. The molecule has 0 heterocycles. The summed E-state index contributed by atoms with van der Waals surface area (Å²) in [7, 11) is -5.12. The van der Waals surface area contributed by atoms with Gasteiger partial charge in [0.15, 0.2) is 6.10 Å². The van der Waals surface area contributed by atoms with Gasteiger partial charge in [-0.25, -0.2) is 4.57 Å². The molecule has 8 atom stereocenters. The average molecular weight is 879 g/mol. The van der Waals surface area contributed by atoms with Crippen molar-refractivity contribution in [3.63, 3.8) is 0 Å². The lowest BCUT2D eigenvalue weighted by atomic mass is 9.85. The molecule has 1 aliphatic carbocycles. The van der Waals surface area contributed by atoms with Crippen LogP contribution < -0.4 is 0 Å². The van der Waals surface area contributed by atoms with Crippen LogP contribution in [0, 0.1) is 0 Å². The third-order valence-corrected chi connectivity index (χ3v) is 12.4. The molecule has 1 aliphatic rings. The van der Waals surface area contributed by atoms with Crippen molar-refractivity contribution in [1.29, 1.82) is 0 Å². The summed E-state index contributed by atoms with van der Waals surface area (Å²) in [6.45, 7) is 3.29. The summed E-state index contributed by atoms with van der Waals surface area (Å²) in [5, 5.41) is 50.1. The van der Waals surface area contributed by atoms with Crippen LogP contribution in [0.25, 0.3) is 0 Å². The molecule has 0 radical (unpaired) electrons. The molecule has 1 rings (SSSR count). The molecule has 0 aromatic rings. The Bertz CT molecular complexity index is 1110. The van der Waals surface area contributed by atoms with Gasteiger partial charge in [-0.2, -0.15) is 0 Å². The molecule has 354 valence electrons. The Kier molecular flexibility index (Phi) is 34.9. The predicted molar refractivity (Wildman–Crippen MR) is 235 cm³/mol. The van der Waals surface area contributed by atoms with Gasteiger partial charge in [-0.1, -0.05) is 187 Å². The van der Waals surface area contributed by atoms with Crippen LogP contribution in [-0.2, 0) is 32.7 Å². The van der Waals surface area contributed by atoms with E-state index in [0.29, 0.717) is 12.8 Å². The molecule has 0 aromatic heterocycles. The predicted octanol–water partition coefficient (Wildman–Crippen LogP) is 9.45. The van der Waals surface area contributed by atoms with Gasteiger partial charge in [0.25, 0.3) is 0 Å². The Morgan fingerprint density at radius 1 is 0.500 bits per heavy atom. The molecule has 0 aromatic carbocycles. The Morgan fingerprint density at radius 3 is 1.33 bits per heavy atom. The number of aliphatic hydroxyl groups is 5. The Balaban J connectivity index is 2.45. The zero-order valence-corrected chi connectivity index (χ0v) is 38.4. The number of allylic oxidation sites excluding steroid dienone is 2. The average Bonchev–Trinajstić information content (AvgIpc) is 3.23. The van der Waals surface area contributed by atoms with Crippen molar-refractivity contribution in [2.75, 3.05) is 13.2 Å². The summed E-state index contributed by atoms with van der Waals surface area (Å²) in [5.41, 5.74) is 0. The number of unbranched alkanes of at least 4 members (excludes halogenated alkanes) is 26. The van der Waals surface area contributed by atoms with Gasteiger partial charge in [0.2, 0.25) is 0 Å². The highest BCUT2D eigenvalue weighted by Crippen LogP contribution is 2.47. The van der Waals surface area contributed by atoms with E-state index in [1.54, 1.807) is 0 Å². The van der Waals surface area contributed by atoms with Gasteiger partial charge in [0.1, 0.15) is 43.2 Å². The normalized spacial score (nSPS) is 22.2. The molecule has 60 heavy (non-hydrogen) atoms. The highest BCUT2D eigenvalue weighted by Gasteiger charge is 2.51. The number of aliphatic hydroxyl groups excluding tert-OH is 5. The number of phosphoric ester groups is 1. The Labute approximate surface area is 363 Å². The molecule has 0 aliphatic heterocycles. The maximum absolute atomic E-state index is 12.8. The minimum absolute atomic E-state index is 0.0883. The highest BCUT2D eigenvalue weighted by atomic mass is 31.2. The second-order valence-corrected chi connectivity index (χ2v) is 18.4. The largest absolute Gasteiger partial charge is 0.472 e. The summed E-state index contributed by atoms with van der Waals surface area (Å²) in [4.78, 5) is 35.7. The number of carbonyl (C=O) groups is 2. The molecule has 0 amide bonds. The van der Waals surface area contributed by atoms with Crippen molar-refractivity contribution in [2.45, 2.75) is 256 Å². The first-order chi connectivity index (χ1) is 28.9. The minimum Gasteiger partial charge on any atom is -0.462 e. The van der Waals surface area contributed by atoms with E-state index in [1.165, 1.54) is 135 Å². The van der Waals surface area contributed by atoms with Gasteiger partial charge in [0.05, 0.1) is 6.61 Å². The van der Waals surface area contributed by atoms with Gasteiger partial charge in [-0.15, -0.1) is 0 Å². The molecule has 6 N–H and O–H groups in total. The third kappa shape index (κ3) is 29.0. The van der Waals surface area contributed by atoms with Gasteiger partial charge < -0.3 is 39.9 Å². The number of phosphoric acid groups is 1. The van der Waals surface area contributed by atoms with Crippen LogP contribution >= 0.6 is 7.82 Å². The standard InChI is InChI=1S/C46H87O13P/c1-3-5-7-9-11-13-15-17-19-21-23-25-27-29-31-33-35-40(48)58-38(37-57-60(54,55)59-46-44(52)42(50)41(49)43(51)45(46)53)36-56-39(47)34-32-30-28-26-24-22-20-18-16-14-12-10-8-6-4-2/h28,30,38,41-46,49-53H,3-27,29,31-37H2,1-2H3,(H,54,55)/b30-28+/t38-,41?,42-,43?,44?,45?,46?/m1/s1. The van der Waals surface area contributed by atoms with E-state index < -0.39 is 75.7 Å². The van der Waals surface area contributed by atoms with Gasteiger partial charge >= 0.3 is 19.8 Å². The lowest BCUT2D eigenvalue weighted by Gasteiger charge is -2.41. The first kappa shape index (κ1) is 56.6. The Hall–Kier alpha value is -1.41. The van der Waals surface area contributed by atoms with Crippen LogP contribution in [0.1, 0.15) is 213 Å². The smallest absolute Gasteiger partial charge is 0.462 e. The maximum atomic E-state index is 12.8. The second kappa shape index (κ2) is 37.0. The van der Waals surface area contributed by atoms with E-state index in [9.17, 15) is 44.6 Å². The summed E-state index contributed by atoms with van der Waals surface area (Å²) >= 11 is 0. The van der Waals surface area contributed by atoms with E-state index in [2.05, 4.69) is 19.9 Å². The molecule has 13 nitrogen and oxygen atoms in total. The summed E-state index contributed by atoms with van der Waals surface area (Å²) in [6, 6.07) is 0. The van der Waals surface area contributed by atoms with E-state index in [-0.39, 0.29) is 12.8 Å². The fourth-order valence-corrected chi connectivity index (χ4v) is 8.46. The van der Waals surface area contributed by atoms with E-state index >= 15 is 0 Å². The molecule has 6 unspecified atom stereocenters. The van der Waals surface area contributed by atoms with E-state index in [1.807, 2.05) is 6.08 Å². The quantitative estimate of drug-likeness (QED) is 0.0147. The topological polar surface area (TPSA) is 210 Å². The number of hydrogen-bond donors (Lipinski definition) is 6. The first-order valence-electron chi connectivity index (χ1n) is 24.0. The molecular formula is C46H87O13P. The highest BCUT2D eigenvalue weighted by molar-refractivity contribution is 7.47. The van der Waals surface area contributed by atoms with Crippen molar-refractivity contribution < 1.29 is 63.1 Å². The lowest BCUT2D eigenvalue weighted by molar-refractivity contribution is -0.220. The van der Waals surface area contributed by atoms with Crippen molar-refractivity contribution in [3.05, 3.63) is 12.2 Å². The van der Waals surface area contributed by atoms with Gasteiger partial charge in [-0.05, 0) is 25.7 Å². The van der Waals surface area contributed by atoms with Crippen LogP contribution in [0.2, 0.25) is 0 Å². The van der Waals surface area contributed by atoms with Crippen molar-refractivity contribution in [2.24, 2.45) is 0 Å². The van der Waals surface area contributed by atoms with Crippen molar-refractivity contribution in [3.8, 4) is 0 Å². The Morgan fingerprint density at radius 2 is 0.883 bits per heavy atom. The van der Waals surface area contributed by atoms with Gasteiger partial charge in [0, 0.05) is 12.8 Å². The lowest BCUT2D eigenvalue weighted by Crippen LogP contribution is -2.64.